The van der Waals surface area contributed by atoms with Gasteiger partial charge in [-0.1, -0.05) is 18.2 Å². The minimum Gasteiger partial charge on any atom is -0.294 e. The van der Waals surface area contributed by atoms with Crippen LogP contribution in [0, 0.1) is 0 Å². The summed E-state index contributed by atoms with van der Waals surface area (Å²) in [7, 11) is 0. The Kier molecular flexibility index (Phi) is 1.59. The van der Waals surface area contributed by atoms with Gasteiger partial charge >= 0.3 is 0 Å². The van der Waals surface area contributed by atoms with Gasteiger partial charge in [0.1, 0.15) is 5.65 Å². The number of benzene rings is 1. The lowest BCUT2D eigenvalue weighted by Crippen LogP contribution is -1.89. The monoisotopic (exact) mass is 218 g/mol. The predicted octanol–water partition coefficient (Wildman–Crippen LogP) is 3.64. The fraction of sp³-hybridized carbons (Fsp3) is 0. The SMILES string of the molecule is c1ccc2c(c1)cc1ccc3cccnc3n12. The topological polar surface area (TPSA) is 17.3 Å². The first-order valence-corrected chi connectivity index (χ1v) is 5.67. The Balaban J connectivity index is 2.38. The van der Waals surface area contributed by atoms with Gasteiger partial charge in [-0.05, 0) is 36.4 Å². The van der Waals surface area contributed by atoms with Crippen molar-refractivity contribution < 1.29 is 0 Å². The van der Waals surface area contributed by atoms with Crippen molar-refractivity contribution in [2.75, 3.05) is 0 Å². The molecule has 17 heavy (non-hydrogen) atoms. The molecule has 4 aromatic rings. The first-order chi connectivity index (χ1) is 8.43. The maximum absolute atomic E-state index is 4.49. The molecule has 0 bridgehead atoms. The van der Waals surface area contributed by atoms with Crippen molar-refractivity contribution in [3.05, 3.63) is 60.8 Å². The third-order valence-corrected chi connectivity index (χ3v) is 3.20. The minimum atomic E-state index is 1.02. The summed E-state index contributed by atoms with van der Waals surface area (Å²) in [4.78, 5) is 4.49. The second-order valence-corrected chi connectivity index (χ2v) is 4.21. The van der Waals surface area contributed by atoms with E-state index < -0.39 is 0 Å². The van der Waals surface area contributed by atoms with Crippen LogP contribution in [0.4, 0.5) is 0 Å². The van der Waals surface area contributed by atoms with Crippen molar-refractivity contribution in [3.8, 4) is 0 Å². The summed E-state index contributed by atoms with van der Waals surface area (Å²) in [6.07, 6.45) is 1.84. The van der Waals surface area contributed by atoms with Crippen LogP contribution in [0.3, 0.4) is 0 Å². The van der Waals surface area contributed by atoms with Crippen LogP contribution in [0.2, 0.25) is 0 Å². The smallest absolute Gasteiger partial charge is 0.144 e. The lowest BCUT2D eigenvalue weighted by Gasteiger charge is -2.02. The van der Waals surface area contributed by atoms with E-state index in [-0.39, 0.29) is 0 Å². The highest BCUT2D eigenvalue weighted by atomic mass is 15.0. The van der Waals surface area contributed by atoms with Gasteiger partial charge in [0.15, 0.2) is 0 Å². The molecule has 3 heterocycles. The Morgan fingerprint density at radius 3 is 2.71 bits per heavy atom. The zero-order valence-corrected chi connectivity index (χ0v) is 9.17. The molecule has 0 saturated heterocycles. The van der Waals surface area contributed by atoms with Gasteiger partial charge in [0.25, 0.3) is 0 Å². The summed E-state index contributed by atoms with van der Waals surface area (Å²) in [6.45, 7) is 0. The van der Waals surface area contributed by atoms with Gasteiger partial charge in [-0.25, -0.2) is 4.98 Å². The summed E-state index contributed by atoms with van der Waals surface area (Å²) < 4.78 is 2.21. The van der Waals surface area contributed by atoms with E-state index in [1.54, 1.807) is 0 Å². The maximum atomic E-state index is 4.49. The van der Waals surface area contributed by atoms with Crippen LogP contribution < -0.4 is 0 Å². The number of aromatic nitrogens is 2. The molecule has 80 valence electrons. The molecule has 0 radical (unpaired) electrons. The molecule has 3 aromatic heterocycles. The lowest BCUT2D eigenvalue weighted by atomic mass is 10.2. The molecule has 0 atom stereocenters. The van der Waals surface area contributed by atoms with Gasteiger partial charge in [-0.3, -0.25) is 4.40 Å². The summed E-state index contributed by atoms with van der Waals surface area (Å²) >= 11 is 0. The number of rotatable bonds is 0. The zero-order chi connectivity index (χ0) is 11.2. The van der Waals surface area contributed by atoms with Gasteiger partial charge in [-0.2, -0.15) is 0 Å². The minimum absolute atomic E-state index is 1.02. The van der Waals surface area contributed by atoms with E-state index >= 15 is 0 Å². The molecular formula is C15H10N2. The van der Waals surface area contributed by atoms with Crippen molar-refractivity contribution >= 4 is 27.5 Å². The third kappa shape index (κ3) is 1.12. The van der Waals surface area contributed by atoms with Crippen molar-refractivity contribution in [1.29, 1.82) is 0 Å². The Bertz CT molecular complexity index is 837. The molecule has 0 unspecified atom stereocenters. The van der Waals surface area contributed by atoms with E-state index in [9.17, 15) is 0 Å². The van der Waals surface area contributed by atoms with Crippen LogP contribution in [-0.4, -0.2) is 9.38 Å². The van der Waals surface area contributed by atoms with E-state index in [1.165, 1.54) is 21.8 Å². The average molecular weight is 218 g/mol. The number of para-hydroxylation sites is 1. The van der Waals surface area contributed by atoms with Crippen LogP contribution in [0.15, 0.2) is 60.8 Å². The molecular weight excluding hydrogens is 208 g/mol. The first kappa shape index (κ1) is 8.76. The van der Waals surface area contributed by atoms with Crippen LogP contribution in [-0.2, 0) is 0 Å². The normalized spacial score (nSPS) is 11.5. The van der Waals surface area contributed by atoms with Gasteiger partial charge in [-0.15, -0.1) is 0 Å². The number of hydrogen-bond acceptors (Lipinski definition) is 1. The van der Waals surface area contributed by atoms with E-state index in [2.05, 4.69) is 57.9 Å². The molecule has 0 spiro atoms. The standard InChI is InChI=1S/C15H10N2/c1-2-6-14-12(4-1)10-13-8-7-11-5-3-9-16-15(11)17(13)14/h1-10H. The van der Waals surface area contributed by atoms with Crippen molar-refractivity contribution in [2.24, 2.45) is 0 Å². The highest BCUT2D eigenvalue weighted by Gasteiger charge is 2.05. The molecule has 0 aliphatic heterocycles. The molecule has 0 saturated carbocycles. The predicted molar refractivity (Wildman–Crippen MR) is 70.2 cm³/mol. The van der Waals surface area contributed by atoms with Crippen LogP contribution in [0.25, 0.3) is 27.5 Å². The van der Waals surface area contributed by atoms with Crippen molar-refractivity contribution in [1.82, 2.24) is 9.38 Å². The second-order valence-electron chi connectivity index (χ2n) is 4.21. The fourth-order valence-electron chi connectivity index (χ4n) is 2.44. The number of fused-ring (bicyclic) bond motifs is 5. The molecule has 0 aliphatic carbocycles. The second kappa shape index (κ2) is 3.08. The highest BCUT2D eigenvalue weighted by Crippen LogP contribution is 2.24. The number of hydrogen-bond donors (Lipinski definition) is 0. The average Bonchev–Trinajstić information content (AvgIpc) is 2.77. The van der Waals surface area contributed by atoms with E-state index in [0.717, 1.165) is 5.65 Å². The zero-order valence-electron chi connectivity index (χ0n) is 9.17. The molecule has 0 fully saturated rings. The Morgan fingerprint density at radius 2 is 1.71 bits per heavy atom. The third-order valence-electron chi connectivity index (χ3n) is 3.20. The number of pyridine rings is 2. The molecule has 0 amide bonds. The summed E-state index contributed by atoms with van der Waals surface area (Å²) in [6, 6.07) is 18.9. The van der Waals surface area contributed by atoms with E-state index in [1.807, 2.05) is 12.3 Å². The maximum Gasteiger partial charge on any atom is 0.144 e. The summed E-state index contributed by atoms with van der Waals surface area (Å²) in [5, 5.41) is 2.42. The van der Waals surface area contributed by atoms with Gasteiger partial charge in [0.2, 0.25) is 0 Å². The quantitative estimate of drug-likeness (QED) is 0.440. The Hall–Kier alpha value is -2.35. The Labute approximate surface area is 98.1 Å². The molecule has 2 heteroatoms. The molecule has 1 aromatic carbocycles. The van der Waals surface area contributed by atoms with Crippen LogP contribution in [0.5, 0.6) is 0 Å². The first-order valence-electron chi connectivity index (χ1n) is 5.67. The van der Waals surface area contributed by atoms with E-state index in [4.69, 9.17) is 0 Å². The van der Waals surface area contributed by atoms with Crippen molar-refractivity contribution in [3.63, 3.8) is 0 Å². The van der Waals surface area contributed by atoms with Crippen LogP contribution in [0.1, 0.15) is 0 Å². The molecule has 0 aliphatic rings. The largest absolute Gasteiger partial charge is 0.294 e. The molecule has 2 nitrogen and oxygen atoms in total. The van der Waals surface area contributed by atoms with Gasteiger partial charge in [0.05, 0.1) is 5.52 Å². The van der Waals surface area contributed by atoms with Crippen molar-refractivity contribution in [2.45, 2.75) is 0 Å². The number of nitrogens with zero attached hydrogens (tertiary/aromatic N) is 2. The molecule has 4 rings (SSSR count). The fourth-order valence-corrected chi connectivity index (χ4v) is 2.44. The Morgan fingerprint density at radius 1 is 0.824 bits per heavy atom. The summed E-state index contributed by atoms with van der Waals surface area (Å²) in [5.41, 5.74) is 3.43. The summed E-state index contributed by atoms with van der Waals surface area (Å²) in [5.74, 6) is 0. The highest BCUT2D eigenvalue weighted by molar-refractivity contribution is 5.93. The van der Waals surface area contributed by atoms with Crippen LogP contribution >= 0.6 is 0 Å². The van der Waals surface area contributed by atoms with Gasteiger partial charge in [0, 0.05) is 22.5 Å². The lowest BCUT2D eigenvalue weighted by molar-refractivity contribution is 1.24. The molecule has 0 N–H and O–H groups in total. The van der Waals surface area contributed by atoms with Gasteiger partial charge < -0.3 is 0 Å². The van der Waals surface area contributed by atoms with E-state index in [0.29, 0.717) is 0 Å².